The van der Waals surface area contributed by atoms with E-state index >= 15 is 0 Å². The van der Waals surface area contributed by atoms with E-state index in [2.05, 4.69) is 5.32 Å². The summed E-state index contributed by atoms with van der Waals surface area (Å²) < 4.78 is 0. The molecule has 3 nitrogen and oxygen atoms in total. The molecule has 94 valence electrons. The van der Waals surface area contributed by atoms with Crippen molar-refractivity contribution in [2.24, 2.45) is 0 Å². The van der Waals surface area contributed by atoms with Gasteiger partial charge in [-0.3, -0.25) is 0 Å². The molecule has 1 fully saturated rings. The summed E-state index contributed by atoms with van der Waals surface area (Å²) in [5.41, 5.74) is 0.906. The first-order chi connectivity index (χ1) is 8.27. The molecule has 0 bridgehead atoms. The molecule has 1 atom stereocenters. The Labute approximate surface area is 110 Å². The maximum atomic E-state index is 10.9. The predicted molar refractivity (Wildman–Crippen MR) is 73.1 cm³/mol. The molecule has 0 saturated carbocycles. The first-order valence-electron chi connectivity index (χ1n) is 5.89. The third-order valence-electron chi connectivity index (χ3n) is 2.90. The molecule has 1 aliphatic rings. The molecule has 1 saturated heterocycles. The summed E-state index contributed by atoms with van der Waals surface area (Å²) in [4.78, 5) is 11.4. The number of aromatic carboxylic acids is 1. The van der Waals surface area contributed by atoms with E-state index in [0.717, 1.165) is 12.1 Å². The normalized spacial score (nSPS) is 20.4. The zero-order valence-electron chi connectivity index (χ0n) is 9.65. The minimum atomic E-state index is -0.816. The van der Waals surface area contributed by atoms with Gasteiger partial charge >= 0.3 is 5.97 Å². The zero-order valence-corrected chi connectivity index (χ0v) is 11.3. The highest BCUT2D eigenvalue weighted by Crippen LogP contribution is 2.24. The van der Waals surface area contributed by atoms with Crippen LogP contribution in [0.4, 0.5) is 0 Å². The quantitative estimate of drug-likeness (QED) is 0.864. The lowest BCUT2D eigenvalue weighted by Gasteiger charge is -2.21. The third kappa shape index (κ3) is 3.72. The van der Waals surface area contributed by atoms with Gasteiger partial charge in [0, 0.05) is 18.3 Å². The fourth-order valence-corrected chi connectivity index (χ4v) is 4.03. The number of thiophene rings is 1. The Kier molecular flexibility index (Phi) is 4.88. The van der Waals surface area contributed by atoms with Gasteiger partial charge in [-0.15, -0.1) is 11.3 Å². The van der Waals surface area contributed by atoms with Gasteiger partial charge in [-0.05, 0) is 35.6 Å². The van der Waals surface area contributed by atoms with E-state index in [1.54, 1.807) is 0 Å². The molecule has 1 aromatic rings. The highest BCUT2D eigenvalue weighted by Gasteiger charge is 2.14. The first-order valence-corrected chi connectivity index (χ1v) is 7.82. The Morgan fingerprint density at radius 3 is 3.12 bits per heavy atom. The van der Waals surface area contributed by atoms with Crippen LogP contribution < -0.4 is 5.32 Å². The lowest BCUT2D eigenvalue weighted by Crippen LogP contribution is -2.26. The second-order valence-electron chi connectivity index (χ2n) is 4.20. The number of carboxylic acids is 1. The average Bonchev–Trinajstić information content (AvgIpc) is 2.79. The summed E-state index contributed by atoms with van der Waals surface area (Å²) >= 11 is 3.33. The van der Waals surface area contributed by atoms with Crippen molar-refractivity contribution in [1.82, 2.24) is 5.32 Å². The standard InChI is InChI=1S/C12H17NO2S2/c14-12(15)11-9(4-6-17-11)7-13-8-10-3-1-2-5-16-10/h4,6,10,13H,1-3,5,7-8H2,(H,14,15). The average molecular weight is 271 g/mol. The van der Waals surface area contributed by atoms with Crippen LogP contribution in [0.3, 0.4) is 0 Å². The van der Waals surface area contributed by atoms with Crippen LogP contribution in [0, 0.1) is 0 Å². The fraction of sp³-hybridized carbons (Fsp3) is 0.583. The largest absolute Gasteiger partial charge is 0.477 e. The van der Waals surface area contributed by atoms with Gasteiger partial charge in [0.1, 0.15) is 4.88 Å². The van der Waals surface area contributed by atoms with E-state index in [9.17, 15) is 4.79 Å². The molecule has 1 aromatic heterocycles. The minimum Gasteiger partial charge on any atom is -0.477 e. The minimum absolute atomic E-state index is 0.466. The van der Waals surface area contributed by atoms with Crippen molar-refractivity contribution >= 4 is 29.1 Å². The number of carboxylic acid groups (broad SMARTS) is 1. The summed E-state index contributed by atoms with van der Waals surface area (Å²) in [5.74, 6) is 0.453. The highest BCUT2D eigenvalue weighted by molar-refractivity contribution is 7.99. The van der Waals surface area contributed by atoms with Crippen molar-refractivity contribution in [2.75, 3.05) is 12.3 Å². The number of carbonyl (C=O) groups is 1. The summed E-state index contributed by atoms with van der Waals surface area (Å²) in [6, 6.07) is 1.90. The SMILES string of the molecule is O=C(O)c1sccc1CNCC1CCCCS1. The van der Waals surface area contributed by atoms with Crippen LogP contribution in [-0.4, -0.2) is 28.6 Å². The summed E-state index contributed by atoms with van der Waals surface area (Å²) in [6.45, 7) is 1.65. The molecule has 1 aliphatic heterocycles. The molecule has 1 unspecified atom stereocenters. The van der Waals surface area contributed by atoms with Crippen molar-refractivity contribution in [3.8, 4) is 0 Å². The van der Waals surface area contributed by atoms with Crippen molar-refractivity contribution in [1.29, 1.82) is 0 Å². The Morgan fingerprint density at radius 2 is 2.41 bits per heavy atom. The highest BCUT2D eigenvalue weighted by atomic mass is 32.2. The van der Waals surface area contributed by atoms with E-state index in [1.807, 2.05) is 23.2 Å². The number of rotatable bonds is 5. The molecule has 2 rings (SSSR count). The second kappa shape index (κ2) is 6.42. The molecule has 0 aliphatic carbocycles. The Bertz CT molecular complexity index is 372. The fourth-order valence-electron chi connectivity index (χ4n) is 2.00. The van der Waals surface area contributed by atoms with Gasteiger partial charge in [0.05, 0.1) is 0 Å². The Morgan fingerprint density at radius 1 is 1.53 bits per heavy atom. The lowest BCUT2D eigenvalue weighted by molar-refractivity contribution is 0.0701. The van der Waals surface area contributed by atoms with Gasteiger partial charge in [0.25, 0.3) is 0 Å². The Balaban J connectivity index is 1.77. The van der Waals surface area contributed by atoms with Crippen LogP contribution in [-0.2, 0) is 6.54 Å². The third-order valence-corrected chi connectivity index (χ3v) is 5.25. The van der Waals surface area contributed by atoms with E-state index in [1.165, 1.54) is 36.4 Å². The number of hydrogen-bond acceptors (Lipinski definition) is 4. The maximum absolute atomic E-state index is 10.9. The molecule has 0 spiro atoms. The predicted octanol–water partition coefficient (Wildman–Crippen LogP) is 2.82. The van der Waals surface area contributed by atoms with Crippen molar-refractivity contribution < 1.29 is 9.90 Å². The van der Waals surface area contributed by atoms with Crippen molar-refractivity contribution in [2.45, 2.75) is 31.1 Å². The second-order valence-corrected chi connectivity index (χ2v) is 6.52. The molecule has 2 heterocycles. The number of thioether (sulfide) groups is 1. The zero-order chi connectivity index (χ0) is 12.1. The molecular weight excluding hydrogens is 254 g/mol. The number of nitrogens with one attached hydrogen (secondary N) is 1. The molecular formula is C12H17NO2S2. The smallest absolute Gasteiger partial charge is 0.346 e. The van der Waals surface area contributed by atoms with Gasteiger partial charge in [-0.1, -0.05) is 6.42 Å². The van der Waals surface area contributed by atoms with E-state index < -0.39 is 5.97 Å². The number of hydrogen-bond donors (Lipinski definition) is 2. The van der Waals surface area contributed by atoms with Crippen LogP contribution in [0.25, 0.3) is 0 Å². The molecule has 17 heavy (non-hydrogen) atoms. The van der Waals surface area contributed by atoms with Crippen molar-refractivity contribution in [3.05, 3.63) is 21.9 Å². The summed E-state index contributed by atoms with van der Waals surface area (Å²) in [6.07, 6.45) is 3.96. The van der Waals surface area contributed by atoms with E-state index in [-0.39, 0.29) is 0 Å². The maximum Gasteiger partial charge on any atom is 0.346 e. The van der Waals surface area contributed by atoms with Crippen LogP contribution in [0.5, 0.6) is 0 Å². The van der Waals surface area contributed by atoms with Crippen LogP contribution in [0.2, 0.25) is 0 Å². The van der Waals surface area contributed by atoms with Crippen LogP contribution in [0.1, 0.15) is 34.5 Å². The summed E-state index contributed by atoms with van der Waals surface area (Å²) in [7, 11) is 0. The van der Waals surface area contributed by atoms with Gasteiger partial charge in [-0.25, -0.2) is 4.79 Å². The molecule has 0 aromatic carbocycles. The Hall–Kier alpha value is -0.520. The van der Waals surface area contributed by atoms with Crippen molar-refractivity contribution in [3.63, 3.8) is 0 Å². The molecule has 5 heteroatoms. The van der Waals surface area contributed by atoms with Gasteiger partial charge in [0.2, 0.25) is 0 Å². The molecule has 2 N–H and O–H groups in total. The van der Waals surface area contributed by atoms with E-state index in [0.29, 0.717) is 16.7 Å². The molecule has 0 radical (unpaired) electrons. The van der Waals surface area contributed by atoms with Gasteiger partial charge < -0.3 is 10.4 Å². The topological polar surface area (TPSA) is 49.3 Å². The first kappa shape index (κ1) is 12.9. The van der Waals surface area contributed by atoms with Crippen LogP contribution >= 0.6 is 23.1 Å². The monoisotopic (exact) mass is 271 g/mol. The van der Waals surface area contributed by atoms with Gasteiger partial charge in [0.15, 0.2) is 0 Å². The van der Waals surface area contributed by atoms with E-state index in [4.69, 9.17) is 5.11 Å². The van der Waals surface area contributed by atoms with Gasteiger partial charge in [-0.2, -0.15) is 11.8 Å². The lowest BCUT2D eigenvalue weighted by atomic mass is 10.2. The van der Waals surface area contributed by atoms with Crippen LogP contribution in [0.15, 0.2) is 11.4 Å². The molecule has 0 amide bonds. The summed E-state index contributed by atoms with van der Waals surface area (Å²) in [5, 5.41) is 14.9.